The van der Waals surface area contributed by atoms with Crippen molar-refractivity contribution < 1.29 is 13.2 Å². The minimum absolute atomic E-state index is 0.0379. The van der Waals surface area contributed by atoms with Crippen molar-refractivity contribution in [1.82, 2.24) is 15.0 Å². The minimum atomic E-state index is -3.62. The maximum absolute atomic E-state index is 12.3. The van der Waals surface area contributed by atoms with Crippen LogP contribution in [0.15, 0.2) is 34.5 Å². The number of nitrogens with zero attached hydrogens (tertiary/aromatic N) is 1. The first-order valence-corrected chi connectivity index (χ1v) is 10.7. The predicted molar refractivity (Wildman–Crippen MR) is 104 cm³/mol. The predicted octanol–water partition coefficient (Wildman–Crippen LogP) is 2.73. The van der Waals surface area contributed by atoms with Crippen LogP contribution in [0.25, 0.3) is 0 Å². The summed E-state index contributed by atoms with van der Waals surface area (Å²) in [5.41, 5.74) is 1.95. The highest BCUT2D eigenvalue weighted by atomic mass is 32.2. The number of carbonyl (C=O) groups excluding carboxylic acids is 1. The Morgan fingerprint density at radius 3 is 2.38 bits per heavy atom. The molecule has 0 aliphatic carbocycles. The lowest BCUT2D eigenvalue weighted by Crippen LogP contribution is -2.30. The summed E-state index contributed by atoms with van der Waals surface area (Å²) >= 11 is 1.48. The van der Waals surface area contributed by atoms with Gasteiger partial charge >= 0.3 is 0 Å². The number of sulfonamides is 1. The fraction of sp³-hybridized carbons (Fsp3) is 0.444. The molecule has 26 heavy (non-hydrogen) atoms. The molecule has 0 unspecified atom stereocenters. The van der Waals surface area contributed by atoms with Gasteiger partial charge in [0.2, 0.25) is 15.9 Å². The number of benzene rings is 1. The van der Waals surface area contributed by atoms with E-state index in [0.717, 1.165) is 16.3 Å². The molecule has 0 fully saturated rings. The number of nitrogens with one attached hydrogen (secondary N) is 2. The van der Waals surface area contributed by atoms with E-state index >= 15 is 0 Å². The summed E-state index contributed by atoms with van der Waals surface area (Å²) in [6, 6.07) is 6.82. The van der Waals surface area contributed by atoms with Crippen molar-refractivity contribution in [2.45, 2.75) is 51.0 Å². The number of thiazole rings is 1. The first-order chi connectivity index (χ1) is 12.1. The van der Waals surface area contributed by atoms with Crippen LogP contribution in [0.5, 0.6) is 0 Å². The molecule has 0 saturated carbocycles. The molecule has 0 atom stereocenters. The molecule has 142 valence electrons. The van der Waals surface area contributed by atoms with E-state index in [2.05, 4.69) is 35.8 Å². The molecule has 1 aromatic heterocycles. The summed E-state index contributed by atoms with van der Waals surface area (Å²) in [5, 5.41) is 5.48. The molecule has 0 bridgehead atoms. The van der Waals surface area contributed by atoms with E-state index < -0.39 is 10.0 Å². The molecule has 2 rings (SSSR count). The second kappa shape index (κ2) is 8.28. The quantitative estimate of drug-likeness (QED) is 0.754. The van der Waals surface area contributed by atoms with Crippen molar-refractivity contribution >= 4 is 27.3 Å². The molecular formula is C18H25N3O3S2. The Morgan fingerprint density at radius 2 is 1.85 bits per heavy atom. The molecule has 0 spiro atoms. The van der Waals surface area contributed by atoms with E-state index in [0.29, 0.717) is 6.54 Å². The monoisotopic (exact) mass is 395 g/mol. The number of amides is 1. The van der Waals surface area contributed by atoms with Crippen molar-refractivity contribution in [3.8, 4) is 0 Å². The highest BCUT2D eigenvalue weighted by Gasteiger charge is 2.17. The summed E-state index contributed by atoms with van der Waals surface area (Å²) in [6.07, 6.45) is 0.0731. The van der Waals surface area contributed by atoms with E-state index in [-0.39, 0.29) is 29.2 Å². The molecule has 2 N–H and O–H groups in total. The van der Waals surface area contributed by atoms with Crippen LogP contribution in [0.3, 0.4) is 0 Å². The van der Waals surface area contributed by atoms with Crippen molar-refractivity contribution in [1.29, 1.82) is 0 Å². The Hall–Kier alpha value is -1.77. The molecular weight excluding hydrogens is 370 g/mol. The van der Waals surface area contributed by atoms with E-state index in [1.54, 1.807) is 12.1 Å². The first-order valence-electron chi connectivity index (χ1n) is 8.36. The van der Waals surface area contributed by atoms with E-state index in [1.165, 1.54) is 11.3 Å². The Kier molecular flexibility index (Phi) is 6.54. The van der Waals surface area contributed by atoms with Crippen molar-refractivity contribution in [2.75, 3.05) is 6.54 Å². The zero-order chi connectivity index (χ0) is 19.4. The second-order valence-corrected chi connectivity index (χ2v) is 9.79. The van der Waals surface area contributed by atoms with Crippen molar-refractivity contribution in [2.24, 2.45) is 0 Å². The molecule has 1 aromatic carbocycles. The third kappa shape index (κ3) is 5.89. The normalized spacial score (nSPS) is 12.2. The van der Waals surface area contributed by atoms with Crippen LogP contribution in [0, 0.1) is 6.92 Å². The number of carbonyl (C=O) groups is 1. The highest BCUT2D eigenvalue weighted by Crippen LogP contribution is 2.23. The molecule has 0 radical (unpaired) electrons. The largest absolute Gasteiger partial charge is 0.350 e. The Labute approximate surface area is 159 Å². The zero-order valence-corrected chi connectivity index (χ0v) is 17.1. The number of aromatic nitrogens is 1. The third-order valence-corrected chi connectivity index (χ3v) is 6.22. The van der Waals surface area contributed by atoms with Gasteiger partial charge in [-0.05, 0) is 30.0 Å². The minimum Gasteiger partial charge on any atom is -0.350 e. The van der Waals surface area contributed by atoms with Crippen LogP contribution < -0.4 is 10.0 Å². The number of hydrogen-bond donors (Lipinski definition) is 2. The van der Waals surface area contributed by atoms with Crippen LogP contribution in [0.1, 0.15) is 43.5 Å². The van der Waals surface area contributed by atoms with E-state index in [1.807, 2.05) is 24.4 Å². The molecule has 1 heterocycles. The van der Waals surface area contributed by atoms with Gasteiger partial charge in [0.15, 0.2) is 0 Å². The molecule has 0 aliphatic rings. The second-order valence-electron chi connectivity index (χ2n) is 7.08. The number of aryl methyl sites for hydroxylation is 1. The molecule has 2 aromatic rings. The number of hydrogen-bond acceptors (Lipinski definition) is 5. The molecule has 8 heteroatoms. The topological polar surface area (TPSA) is 88.2 Å². The van der Waals surface area contributed by atoms with Gasteiger partial charge in [-0.15, -0.1) is 11.3 Å². The lowest BCUT2D eigenvalue weighted by molar-refractivity contribution is -0.121. The Balaban J connectivity index is 1.83. The molecule has 0 aliphatic heterocycles. The van der Waals surface area contributed by atoms with Crippen molar-refractivity contribution in [3.05, 3.63) is 45.9 Å². The molecule has 1 amide bonds. The van der Waals surface area contributed by atoms with Gasteiger partial charge in [0.05, 0.1) is 11.4 Å². The van der Waals surface area contributed by atoms with E-state index in [9.17, 15) is 13.2 Å². The van der Waals surface area contributed by atoms with Crippen molar-refractivity contribution in [3.63, 3.8) is 0 Å². The van der Waals surface area contributed by atoms with Crippen LogP contribution in [-0.4, -0.2) is 25.9 Å². The molecule has 6 nitrogen and oxygen atoms in total. The van der Waals surface area contributed by atoms with Gasteiger partial charge in [0, 0.05) is 24.0 Å². The van der Waals surface area contributed by atoms with Gasteiger partial charge in [0.25, 0.3) is 0 Å². The van der Waals surface area contributed by atoms with Gasteiger partial charge < -0.3 is 5.32 Å². The maximum Gasteiger partial charge on any atom is 0.240 e. The van der Waals surface area contributed by atoms with Crippen LogP contribution >= 0.6 is 11.3 Å². The fourth-order valence-electron chi connectivity index (χ4n) is 2.26. The summed E-state index contributed by atoms with van der Waals surface area (Å²) < 4.78 is 27.1. The Morgan fingerprint density at radius 1 is 1.19 bits per heavy atom. The van der Waals surface area contributed by atoms with E-state index in [4.69, 9.17) is 0 Å². The highest BCUT2D eigenvalue weighted by molar-refractivity contribution is 7.89. The first kappa shape index (κ1) is 20.5. The zero-order valence-electron chi connectivity index (χ0n) is 15.5. The van der Waals surface area contributed by atoms with Crippen LogP contribution in [0.4, 0.5) is 0 Å². The van der Waals surface area contributed by atoms with Gasteiger partial charge in [0.1, 0.15) is 5.01 Å². The lowest BCUT2D eigenvalue weighted by atomic mass is 9.87. The fourth-order valence-corrected chi connectivity index (χ4v) is 4.01. The van der Waals surface area contributed by atoms with Crippen LogP contribution in [-0.2, 0) is 26.8 Å². The van der Waals surface area contributed by atoms with Gasteiger partial charge in [-0.3, -0.25) is 4.79 Å². The lowest BCUT2D eigenvalue weighted by Gasteiger charge is -2.19. The standard InChI is InChI=1S/C18H25N3O3S2/c1-13-12-25-17(21-13)11-19-16(22)9-10-20-26(23,24)15-7-5-14(6-8-15)18(2,3)4/h5-8,12,20H,9-11H2,1-4H3,(H,19,22). The maximum atomic E-state index is 12.3. The third-order valence-electron chi connectivity index (χ3n) is 3.78. The summed E-state index contributed by atoms with van der Waals surface area (Å²) in [7, 11) is -3.62. The van der Waals surface area contributed by atoms with Gasteiger partial charge in [-0.1, -0.05) is 32.9 Å². The average Bonchev–Trinajstić information content (AvgIpc) is 2.97. The average molecular weight is 396 g/mol. The number of rotatable bonds is 7. The summed E-state index contributed by atoms with van der Waals surface area (Å²) in [4.78, 5) is 16.3. The van der Waals surface area contributed by atoms with Gasteiger partial charge in [-0.2, -0.15) is 0 Å². The smallest absolute Gasteiger partial charge is 0.240 e. The molecule has 0 saturated heterocycles. The summed E-state index contributed by atoms with van der Waals surface area (Å²) in [6.45, 7) is 8.51. The SMILES string of the molecule is Cc1csc(CNC(=O)CCNS(=O)(=O)c2ccc(C(C)(C)C)cc2)n1. The Bertz CT molecular complexity index is 851. The van der Waals surface area contributed by atoms with Gasteiger partial charge in [-0.25, -0.2) is 18.1 Å². The van der Waals surface area contributed by atoms with Crippen LogP contribution in [0.2, 0.25) is 0 Å². The summed E-state index contributed by atoms with van der Waals surface area (Å²) in [5.74, 6) is -0.219.